The predicted octanol–water partition coefficient (Wildman–Crippen LogP) is 3.56. The third kappa shape index (κ3) is 4.81. The molecule has 0 atom stereocenters. The first-order valence-corrected chi connectivity index (χ1v) is 7.24. The molecule has 0 unspecified atom stereocenters. The largest absolute Gasteiger partial charge is 0.491 e. The molecule has 6 heteroatoms. The highest BCUT2D eigenvalue weighted by Gasteiger charge is 2.15. The van der Waals surface area contributed by atoms with E-state index in [0.29, 0.717) is 11.3 Å². The molecule has 0 aliphatic heterocycles. The molecule has 0 aliphatic rings. The van der Waals surface area contributed by atoms with E-state index in [2.05, 4.69) is 5.32 Å². The highest BCUT2D eigenvalue weighted by atomic mass is 16.6. The van der Waals surface area contributed by atoms with Crippen LogP contribution in [0.25, 0.3) is 0 Å². The lowest BCUT2D eigenvalue weighted by molar-refractivity contribution is -0.385. The summed E-state index contributed by atoms with van der Waals surface area (Å²) in [5.74, 6) is 0.411. The summed E-state index contributed by atoms with van der Waals surface area (Å²) in [5, 5.41) is 13.7. The maximum Gasteiger partial charge on any atom is 0.273 e. The first kappa shape index (κ1) is 16.5. The number of hydrogen-bond donors (Lipinski definition) is 1. The molecule has 1 amide bonds. The van der Waals surface area contributed by atoms with Gasteiger partial charge in [-0.1, -0.05) is 18.2 Å². The Balaban J connectivity index is 2.01. The number of para-hydroxylation sites is 1. The van der Waals surface area contributed by atoms with Crippen LogP contribution in [-0.2, 0) is 11.2 Å². The molecule has 2 aromatic carbocycles. The average molecular weight is 314 g/mol. The summed E-state index contributed by atoms with van der Waals surface area (Å²) in [6.07, 6.45) is 0.0237. The molecule has 0 aromatic heterocycles. The summed E-state index contributed by atoms with van der Waals surface area (Å²) in [6.45, 7) is 3.87. The molecule has 0 bridgehead atoms. The van der Waals surface area contributed by atoms with E-state index in [1.165, 1.54) is 6.07 Å². The zero-order valence-corrected chi connectivity index (χ0v) is 13.0. The zero-order valence-electron chi connectivity index (χ0n) is 13.0. The van der Waals surface area contributed by atoms with Crippen LogP contribution in [0.5, 0.6) is 5.75 Å². The van der Waals surface area contributed by atoms with Gasteiger partial charge in [0.05, 0.1) is 17.4 Å². The molecule has 6 nitrogen and oxygen atoms in total. The Morgan fingerprint density at radius 2 is 1.83 bits per heavy atom. The van der Waals surface area contributed by atoms with Gasteiger partial charge in [0, 0.05) is 17.3 Å². The van der Waals surface area contributed by atoms with E-state index in [4.69, 9.17) is 4.74 Å². The lowest BCUT2D eigenvalue weighted by atomic mass is 10.1. The van der Waals surface area contributed by atoms with Gasteiger partial charge < -0.3 is 10.1 Å². The quantitative estimate of drug-likeness (QED) is 0.653. The second-order valence-corrected chi connectivity index (χ2v) is 5.30. The molecule has 120 valence electrons. The van der Waals surface area contributed by atoms with E-state index in [9.17, 15) is 14.9 Å². The van der Waals surface area contributed by atoms with Crippen LogP contribution in [0, 0.1) is 10.1 Å². The lowest BCUT2D eigenvalue weighted by Gasteiger charge is -2.10. The molecule has 2 aromatic rings. The minimum Gasteiger partial charge on any atom is -0.491 e. The van der Waals surface area contributed by atoms with Crippen molar-refractivity contribution < 1.29 is 14.5 Å². The van der Waals surface area contributed by atoms with Crippen molar-refractivity contribution in [2.75, 3.05) is 5.32 Å². The zero-order chi connectivity index (χ0) is 16.8. The SMILES string of the molecule is CC(C)Oc1ccc(NC(=O)Cc2ccccc2[N+](=O)[O-])cc1. The van der Waals surface area contributed by atoms with Gasteiger partial charge in [-0.3, -0.25) is 14.9 Å². The van der Waals surface area contributed by atoms with Gasteiger partial charge in [-0.25, -0.2) is 0 Å². The highest BCUT2D eigenvalue weighted by Crippen LogP contribution is 2.20. The summed E-state index contributed by atoms with van der Waals surface area (Å²) in [6, 6.07) is 13.2. The number of carbonyl (C=O) groups excluding carboxylic acids is 1. The molecule has 0 radical (unpaired) electrons. The molecule has 0 fully saturated rings. The molecule has 0 spiro atoms. The lowest BCUT2D eigenvalue weighted by Crippen LogP contribution is -2.15. The van der Waals surface area contributed by atoms with Gasteiger partial charge in [0.15, 0.2) is 0 Å². The predicted molar refractivity (Wildman–Crippen MR) is 87.6 cm³/mol. The van der Waals surface area contributed by atoms with Crippen LogP contribution in [-0.4, -0.2) is 16.9 Å². The standard InChI is InChI=1S/C17H18N2O4/c1-12(2)23-15-9-7-14(8-10-15)18-17(20)11-13-5-3-4-6-16(13)19(21)22/h3-10,12H,11H2,1-2H3,(H,18,20). The molecule has 0 saturated heterocycles. The Labute approximate surface area is 134 Å². The number of rotatable bonds is 6. The normalized spacial score (nSPS) is 10.4. The van der Waals surface area contributed by atoms with Crippen LogP contribution < -0.4 is 10.1 Å². The van der Waals surface area contributed by atoms with E-state index in [0.717, 1.165) is 5.75 Å². The Kier molecular flexibility index (Phi) is 5.30. The molecule has 0 aliphatic carbocycles. The fourth-order valence-corrected chi connectivity index (χ4v) is 2.11. The second-order valence-electron chi connectivity index (χ2n) is 5.30. The summed E-state index contributed by atoms with van der Waals surface area (Å²) >= 11 is 0. The Morgan fingerprint density at radius 1 is 1.17 bits per heavy atom. The number of benzene rings is 2. The highest BCUT2D eigenvalue weighted by molar-refractivity contribution is 5.92. The van der Waals surface area contributed by atoms with Gasteiger partial charge in [-0.15, -0.1) is 0 Å². The monoisotopic (exact) mass is 314 g/mol. The first-order chi connectivity index (χ1) is 11.0. The minimum atomic E-state index is -0.485. The van der Waals surface area contributed by atoms with Crippen molar-refractivity contribution in [1.82, 2.24) is 0 Å². The average Bonchev–Trinajstić information content (AvgIpc) is 2.49. The summed E-state index contributed by atoms with van der Waals surface area (Å²) in [7, 11) is 0. The fourth-order valence-electron chi connectivity index (χ4n) is 2.11. The van der Waals surface area contributed by atoms with Gasteiger partial charge >= 0.3 is 0 Å². The number of hydrogen-bond acceptors (Lipinski definition) is 4. The van der Waals surface area contributed by atoms with Crippen molar-refractivity contribution in [2.45, 2.75) is 26.4 Å². The smallest absolute Gasteiger partial charge is 0.273 e. The van der Waals surface area contributed by atoms with Crippen LogP contribution in [0.2, 0.25) is 0 Å². The van der Waals surface area contributed by atoms with Gasteiger partial charge in [0.25, 0.3) is 5.69 Å². The van der Waals surface area contributed by atoms with Gasteiger partial charge in [0.1, 0.15) is 5.75 Å². The van der Waals surface area contributed by atoms with E-state index in [-0.39, 0.29) is 24.1 Å². The van der Waals surface area contributed by atoms with Crippen molar-refractivity contribution in [3.8, 4) is 5.75 Å². The number of nitrogens with one attached hydrogen (secondary N) is 1. The third-order valence-corrected chi connectivity index (χ3v) is 3.05. The van der Waals surface area contributed by atoms with Crippen LogP contribution in [0.1, 0.15) is 19.4 Å². The van der Waals surface area contributed by atoms with Crippen LogP contribution in [0.3, 0.4) is 0 Å². The molecule has 0 saturated carbocycles. The Bertz CT molecular complexity index is 696. The molecule has 1 N–H and O–H groups in total. The Hall–Kier alpha value is -2.89. The van der Waals surface area contributed by atoms with E-state index in [1.54, 1.807) is 42.5 Å². The number of nitrogens with zero attached hydrogens (tertiary/aromatic N) is 1. The van der Waals surface area contributed by atoms with Crippen LogP contribution >= 0.6 is 0 Å². The number of carbonyl (C=O) groups is 1. The van der Waals surface area contributed by atoms with Crippen LogP contribution in [0.4, 0.5) is 11.4 Å². The maximum absolute atomic E-state index is 12.1. The summed E-state index contributed by atoms with van der Waals surface area (Å²) in [5.41, 5.74) is 0.947. The number of nitro benzene ring substituents is 1. The van der Waals surface area contributed by atoms with Crippen molar-refractivity contribution >= 4 is 17.3 Å². The van der Waals surface area contributed by atoms with Crippen molar-refractivity contribution in [2.24, 2.45) is 0 Å². The van der Waals surface area contributed by atoms with Gasteiger partial charge in [-0.2, -0.15) is 0 Å². The third-order valence-electron chi connectivity index (χ3n) is 3.05. The fraction of sp³-hybridized carbons (Fsp3) is 0.235. The number of nitro groups is 1. The second kappa shape index (κ2) is 7.40. The Morgan fingerprint density at radius 3 is 2.43 bits per heavy atom. The first-order valence-electron chi connectivity index (χ1n) is 7.24. The van der Waals surface area contributed by atoms with Gasteiger partial charge in [0.2, 0.25) is 5.91 Å². The minimum absolute atomic E-state index is 0.0525. The molecular weight excluding hydrogens is 296 g/mol. The number of amides is 1. The van der Waals surface area contributed by atoms with Crippen molar-refractivity contribution in [3.63, 3.8) is 0 Å². The van der Waals surface area contributed by atoms with E-state index in [1.807, 2.05) is 13.8 Å². The molecule has 23 heavy (non-hydrogen) atoms. The molecular formula is C17H18N2O4. The molecule has 2 rings (SSSR count). The molecule has 0 heterocycles. The van der Waals surface area contributed by atoms with E-state index < -0.39 is 4.92 Å². The number of anilines is 1. The summed E-state index contributed by atoms with van der Waals surface area (Å²) < 4.78 is 5.52. The van der Waals surface area contributed by atoms with Crippen molar-refractivity contribution in [1.29, 1.82) is 0 Å². The van der Waals surface area contributed by atoms with Gasteiger partial charge in [-0.05, 0) is 38.1 Å². The van der Waals surface area contributed by atoms with E-state index >= 15 is 0 Å². The van der Waals surface area contributed by atoms with Crippen molar-refractivity contribution in [3.05, 3.63) is 64.2 Å². The number of ether oxygens (including phenoxy) is 1. The van der Waals surface area contributed by atoms with Crippen LogP contribution in [0.15, 0.2) is 48.5 Å². The maximum atomic E-state index is 12.1. The topological polar surface area (TPSA) is 81.5 Å². The summed E-state index contributed by atoms with van der Waals surface area (Å²) in [4.78, 5) is 22.5.